The molecule has 2 unspecified atom stereocenters. The highest BCUT2D eigenvalue weighted by Crippen LogP contribution is 2.37. The summed E-state index contributed by atoms with van der Waals surface area (Å²) < 4.78 is 5.31. The van der Waals surface area contributed by atoms with E-state index in [0.29, 0.717) is 23.2 Å². The van der Waals surface area contributed by atoms with E-state index in [1.807, 2.05) is 12.1 Å². The molecule has 0 amide bonds. The van der Waals surface area contributed by atoms with Crippen molar-refractivity contribution >= 4 is 17.6 Å². The first kappa shape index (κ1) is 14.1. The summed E-state index contributed by atoms with van der Waals surface area (Å²) in [6, 6.07) is 7.14. The summed E-state index contributed by atoms with van der Waals surface area (Å²) in [5.41, 5.74) is 0.803. The van der Waals surface area contributed by atoms with Crippen LogP contribution in [-0.2, 0) is 4.79 Å². The number of benzene rings is 1. The van der Waals surface area contributed by atoms with E-state index in [1.165, 1.54) is 0 Å². The second-order valence-electron chi connectivity index (χ2n) is 5.30. The number of carboxylic acid groups (broad SMARTS) is 1. The molecule has 6 heteroatoms. The van der Waals surface area contributed by atoms with Gasteiger partial charge in [0.25, 0.3) is 0 Å². The summed E-state index contributed by atoms with van der Waals surface area (Å²) in [5, 5.41) is 13.9. The van der Waals surface area contributed by atoms with Crippen molar-refractivity contribution in [2.45, 2.75) is 31.6 Å². The molecular formula is C15H15ClN2O3. The van der Waals surface area contributed by atoms with Gasteiger partial charge >= 0.3 is 5.97 Å². The molecule has 1 aliphatic rings. The van der Waals surface area contributed by atoms with Crippen molar-refractivity contribution in [2.75, 3.05) is 0 Å². The van der Waals surface area contributed by atoms with Crippen molar-refractivity contribution in [3.8, 4) is 11.4 Å². The molecule has 1 saturated carbocycles. The van der Waals surface area contributed by atoms with Crippen molar-refractivity contribution in [1.82, 2.24) is 10.1 Å². The first-order valence-electron chi connectivity index (χ1n) is 6.97. The van der Waals surface area contributed by atoms with Gasteiger partial charge in [0.15, 0.2) is 0 Å². The van der Waals surface area contributed by atoms with Gasteiger partial charge in [-0.2, -0.15) is 4.98 Å². The maximum atomic E-state index is 11.3. The molecule has 0 saturated heterocycles. The van der Waals surface area contributed by atoms with Crippen LogP contribution in [0.1, 0.15) is 37.5 Å². The third-order valence-electron chi connectivity index (χ3n) is 3.94. The van der Waals surface area contributed by atoms with E-state index in [1.54, 1.807) is 12.1 Å². The first-order valence-corrected chi connectivity index (χ1v) is 7.35. The van der Waals surface area contributed by atoms with Crippen LogP contribution in [0.25, 0.3) is 11.4 Å². The Kier molecular flexibility index (Phi) is 3.92. The predicted molar refractivity (Wildman–Crippen MR) is 77.1 cm³/mol. The van der Waals surface area contributed by atoms with Gasteiger partial charge in [-0.3, -0.25) is 4.79 Å². The minimum atomic E-state index is -0.786. The lowest BCUT2D eigenvalue weighted by Gasteiger charge is -2.25. The van der Waals surface area contributed by atoms with E-state index in [2.05, 4.69) is 10.1 Å². The zero-order valence-corrected chi connectivity index (χ0v) is 12.1. The summed E-state index contributed by atoms with van der Waals surface area (Å²) >= 11 is 5.85. The van der Waals surface area contributed by atoms with E-state index < -0.39 is 11.9 Å². The van der Waals surface area contributed by atoms with E-state index >= 15 is 0 Å². The van der Waals surface area contributed by atoms with E-state index in [-0.39, 0.29) is 5.92 Å². The standard InChI is InChI=1S/C15H15ClN2O3/c16-10-7-5-9(6-8-10)13-17-14(21-18-13)11-3-1-2-4-12(11)15(19)20/h5-8,11-12H,1-4H2,(H,19,20). The average Bonchev–Trinajstić information content (AvgIpc) is 2.97. The lowest BCUT2D eigenvalue weighted by molar-refractivity contribution is -0.143. The van der Waals surface area contributed by atoms with E-state index in [4.69, 9.17) is 16.1 Å². The Bertz CT molecular complexity index is 639. The molecule has 1 heterocycles. The maximum absolute atomic E-state index is 11.3. The van der Waals surface area contributed by atoms with Crippen molar-refractivity contribution in [2.24, 2.45) is 5.92 Å². The van der Waals surface area contributed by atoms with Crippen molar-refractivity contribution < 1.29 is 14.4 Å². The minimum absolute atomic E-state index is 0.190. The molecule has 110 valence electrons. The lowest BCUT2D eigenvalue weighted by atomic mass is 9.79. The van der Waals surface area contributed by atoms with Crippen LogP contribution in [0.5, 0.6) is 0 Å². The van der Waals surface area contributed by atoms with Crippen LogP contribution < -0.4 is 0 Å². The van der Waals surface area contributed by atoms with Gasteiger partial charge in [-0.15, -0.1) is 0 Å². The second kappa shape index (κ2) is 5.85. The quantitative estimate of drug-likeness (QED) is 0.934. The molecule has 0 spiro atoms. The van der Waals surface area contributed by atoms with E-state index in [0.717, 1.165) is 24.8 Å². The third kappa shape index (κ3) is 2.93. The van der Waals surface area contributed by atoms with E-state index in [9.17, 15) is 9.90 Å². The Morgan fingerprint density at radius 1 is 1.24 bits per heavy atom. The third-order valence-corrected chi connectivity index (χ3v) is 4.20. The minimum Gasteiger partial charge on any atom is -0.481 e. The highest BCUT2D eigenvalue weighted by Gasteiger charge is 2.35. The lowest BCUT2D eigenvalue weighted by Crippen LogP contribution is -2.25. The molecule has 2 aromatic rings. The number of carbonyl (C=O) groups is 1. The smallest absolute Gasteiger partial charge is 0.307 e. The Morgan fingerprint density at radius 2 is 1.95 bits per heavy atom. The molecule has 0 bridgehead atoms. The number of halogens is 1. The summed E-state index contributed by atoms with van der Waals surface area (Å²) in [5.74, 6) is -0.517. The molecular weight excluding hydrogens is 292 g/mol. The molecule has 2 atom stereocenters. The average molecular weight is 307 g/mol. The van der Waals surface area contributed by atoms with Crippen LogP contribution in [0.3, 0.4) is 0 Å². The second-order valence-corrected chi connectivity index (χ2v) is 5.74. The molecule has 21 heavy (non-hydrogen) atoms. The van der Waals surface area contributed by atoms with Crippen molar-refractivity contribution in [3.63, 3.8) is 0 Å². The summed E-state index contributed by atoms with van der Waals surface area (Å²) in [4.78, 5) is 15.7. The summed E-state index contributed by atoms with van der Waals surface area (Å²) in [7, 11) is 0. The SMILES string of the molecule is O=C(O)C1CCCCC1c1nc(-c2ccc(Cl)cc2)no1. The topological polar surface area (TPSA) is 76.2 Å². The molecule has 1 aliphatic carbocycles. The number of rotatable bonds is 3. The molecule has 0 radical (unpaired) electrons. The summed E-state index contributed by atoms with van der Waals surface area (Å²) in [6.45, 7) is 0. The highest BCUT2D eigenvalue weighted by molar-refractivity contribution is 6.30. The summed E-state index contributed by atoms with van der Waals surface area (Å²) in [6.07, 6.45) is 3.37. The van der Waals surface area contributed by atoms with Crippen molar-refractivity contribution in [1.29, 1.82) is 0 Å². The van der Waals surface area contributed by atoms with Gasteiger partial charge in [-0.05, 0) is 37.1 Å². The fourth-order valence-corrected chi connectivity index (χ4v) is 2.95. The highest BCUT2D eigenvalue weighted by atomic mass is 35.5. The van der Waals surface area contributed by atoms with Gasteiger partial charge in [-0.25, -0.2) is 0 Å². The van der Waals surface area contributed by atoms with Crippen LogP contribution in [0.2, 0.25) is 5.02 Å². The van der Waals surface area contributed by atoms with Gasteiger partial charge in [0.1, 0.15) is 0 Å². The number of hydrogen-bond acceptors (Lipinski definition) is 4. The van der Waals surface area contributed by atoms with Gasteiger partial charge in [0.05, 0.1) is 11.8 Å². The number of aliphatic carboxylic acids is 1. The number of nitrogens with zero attached hydrogens (tertiary/aromatic N) is 2. The van der Waals surface area contributed by atoms with Crippen molar-refractivity contribution in [3.05, 3.63) is 35.2 Å². The number of aromatic nitrogens is 2. The molecule has 0 aliphatic heterocycles. The largest absolute Gasteiger partial charge is 0.481 e. The Morgan fingerprint density at radius 3 is 2.67 bits per heavy atom. The van der Waals surface area contributed by atoms with Gasteiger partial charge in [-0.1, -0.05) is 29.6 Å². The Hall–Kier alpha value is -1.88. The zero-order chi connectivity index (χ0) is 14.8. The maximum Gasteiger partial charge on any atom is 0.307 e. The molecule has 1 N–H and O–H groups in total. The van der Waals surface area contributed by atoms with Crippen LogP contribution >= 0.6 is 11.6 Å². The molecule has 1 aromatic carbocycles. The van der Waals surface area contributed by atoms with Gasteiger partial charge in [0, 0.05) is 10.6 Å². The molecule has 3 rings (SSSR count). The zero-order valence-electron chi connectivity index (χ0n) is 11.3. The van der Waals surface area contributed by atoms with Crippen LogP contribution in [0, 0.1) is 5.92 Å². The predicted octanol–water partition coefficient (Wildman–Crippen LogP) is 3.75. The van der Waals surface area contributed by atoms with Crippen LogP contribution in [0.4, 0.5) is 0 Å². The fourth-order valence-electron chi connectivity index (χ4n) is 2.82. The number of hydrogen-bond donors (Lipinski definition) is 1. The first-order chi connectivity index (χ1) is 10.1. The monoisotopic (exact) mass is 306 g/mol. The number of carboxylic acids is 1. The van der Waals surface area contributed by atoms with Gasteiger partial charge < -0.3 is 9.63 Å². The fraction of sp³-hybridized carbons (Fsp3) is 0.400. The van der Waals surface area contributed by atoms with Gasteiger partial charge in [0.2, 0.25) is 11.7 Å². The molecule has 5 nitrogen and oxygen atoms in total. The normalized spacial score (nSPS) is 22.1. The van der Waals surface area contributed by atoms with Crippen LogP contribution in [-0.4, -0.2) is 21.2 Å². The molecule has 1 aromatic heterocycles. The Balaban J connectivity index is 1.86. The van der Waals surface area contributed by atoms with Crippen LogP contribution in [0.15, 0.2) is 28.8 Å². The Labute approximate surface area is 126 Å². The molecule has 1 fully saturated rings.